The number of halogens is 2. The van der Waals surface area contributed by atoms with Gasteiger partial charge in [-0.2, -0.15) is 0 Å². The standard InChI is InChI=1S/C16H14Cl2N2O2S/c1-22-15(21)12-8-11(6-7-14(12)18)20-16(23)19-9-10-4-2-3-5-13(10)17/h2-8H,9H2,1H3,(H2,19,20,23). The molecule has 7 heteroatoms. The van der Waals surface area contributed by atoms with E-state index in [0.29, 0.717) is 27.4 Å². The van der Waals surface area contributed by atoms with Crippen LogP contribution in [-0.4, -0.2) is 18.2 Å². The van der Waals surface area contributed by atoms with Gasteiger partial charge in [-0.3, -0.25) is 0 Å². The van der Waals surface area contributed by atoms with Gasteiger partial charge < -0.3 is 15.4 Å². The highest BCUT2D eigenvalue weighted by atomic mass is 35.5. The topological polar surface area (TPSA) is 50.4 Å². The lowest BCUT2D eigenvalue weighted by molar-refractivity contribution is 0.0601. The van der Waals surface area contributed by atoms with Crippen LogP contribution >= 0.6 is 35.4 Å². The summed E-state index contributed by atoms with van der Waals surface area (Å²) in [5.74, 6) is -0.506. The Labute approximate surface area is 149 Å². The second kappa shape index (κ2) is 8.15. The van der Waals surface area contributed by atoms with E-state index in [1.165, 1.54) is 7.11 Å². The maximum atomic E-state index is 11.6. The van der Waals surface area contributed by atoms with Crippen molar-refractivity contribution in [3.8, 4) is 0 Å². The second-order valence-corrected chi connectivity index (χ2v) is 5.81. The highest BCUT2D eigenvalue weighted by molar-refractivity contribution is 7.80. The average molecular weight is 369 g/mol. The van der Waals surface area contributed by atoms with Crippen LogP contribution in [0.5, 0.6) is 0 Å². The van der Waals surface area contributed by atoms with E-state index in [1.807, 2.05) is 24.3 Å². The zero-order valence-electron chi connectivity index (χ0n) is 12.2. The molecule has 0 saturated carbocycles. The van der Waals surface area contributed by atoms with Crippen LogP contribution in [0, 0.1) is 0 Å². The Bertz CT molecular complexity index is 738. The number of nitrogens with one attached hydrogen (secondary N) is 2. The van der Waals surface area contributed by atoms with E-state index in [1.54, 1.807) is 18.2 Å². The van der Waals surface area contributed by atoms with Gasteiger partial charge in [-0.1, -0.05) is 41.4 Å². The van der Waals surface area contributed by atoms with E-state index in [2.05, 4.69) is 15.4 Å². The number of benzene rings is 2. The first kappa shape index (κ1) is 17.5. The molecule has 0 heterocycles. The van der Waals surface area contributed by atoms with Crippen LogP contribution in [0.2, 0.25) is 10.0 Å². The summed E-state index contributed by atoms with van der Waals surface area (Å²) in [5.41, 5.74) is 1.84. The van der Waals surface area contributed by atoms with E-state index < -0.39 is 5.97 Å². The van der Waals surface area contributed by atoms with Crippen molar-refractivity contribution in [2.75, 3.05) is 12.4 Å². The summed E-state index contributed by atoms with van der Waals surface area (Å²) in [7, 11) is 1.30. The Kier molecular flexibility index (Phi) is 6.21. The molecule has 0 unspecified atom stereocenters. The fourth-order valence-corrected chi connectivity index (χ4v) is 2.45. The number of thiocarbonyl (C=S) groups is 1. The summed E-state index contributed by atoms with van der Waals surface area (Å²) in [6, 6.07) is 12.4. The van der Waals surface area contributed by atoms with Crippen LogP contribution in [0.3, 0.4) is 0 Å². The van der Waals surface area contributed by atoms with Crippen LogP contribution in [0.1, 0.15) is 15.9 Å². The van der Waals surface area contributed by atoms with Crippen molar-refractivity contribution >= 4 is 52.2 Å². The van der Waals surface area contributed by atoms with Crippen molar-refractivity contribution < 1.29 is 9.53 Å². The minimum absolute atomic E-state index is 0.271. The van der Waals surface area contributed by atoms with Crippen molar-refractivity contribution in [3.63, 3.8) is 0 Å². The number of ether oxygens (including phenoxy) is 1. The fourth-order valence-electron chi connectivity index (χ4n) is 1.86. The van der Waals surface area contributed by atoms with Gasteiger partial charge in [0.25, 0.3) is 0 Å². The summed E-state index contributed by atoms with van der Waals surface area (Å²) < 4.78 is 4.68. The lowest BCUT2D eigenvalue weighted by Crippen LogP contribution is -2.28. The molecule has 2 N–H and O–H groups in total. The molecule has 120 valence electrons. The van der Waals surface area contributed by atoms with Gasteiger partial charge in [0.2, 0.25) is 0 Å². The summed E-state index contributed by atoms with van der Waals surface area (Å²) in [4.78, 5) is 11.6. The van der Waals surface area contributed by atoms with Crippen LogP contribution in [-0.2, 0) is 11.3 Å². The molecule has 2 aromatic carbocycles. The quantitative estimate of drug-likeness (QED) is 0.623. The van der Waals surface area contributed by atoms with Crippen molar-refractivity contribution in [1.82, 2.24) is 5.32 Å². The minimum atomic E-state index is -0.506. The second-order valence-electron chi connectivity index (χ2n) is 4.59. The zero-order chi connectivity index (χ0) is 16.8. The van der Waals surface area contributed by atoms with Crippen molar-refractivity contribution in [2.45, 2.75) is 6.54 Å². The van der Waals surface area contributed by atoms with E-state index in [9.17, 15) is 4.79 Å². The molecule has 2 rings (SSSR count). The molecular weight excluding hydrogens is 355 g/mol. The molecule has 0 aromatic heterocycles. The molecule has 0 radical (unpaired) electrons. The highest BCUT2D eigenvalue weighted by Gasteiger charge is 2.11. The lowest BCUT2D eigenvalue weighted by Gasteiger charge is -2.12. The summed E-state index contributed by atoms with van der Waals surface area (Å²) in [5, 5.41) is 7.43. The van der Waals surface area contributed by atoms with Gasteiger partial charge in [-0.15, -0.1) is 0 Å². The Hall–Kier alpha value is -1.82. The zero-order valence-corrected chi connectivity index (χ0v) is 14.6. The summed E-state index contributed by atoms with van der Waals surface area (Å²) >= 11 is 17.3. The van der Waals surface area contributed by atoms with Gasteiger partial charge in [-0.25, -0.2) is 4.79 Å². The SMILES string of the molecule is COC(=O)c1cc(NC(=S)NCc2ccccc2Cl)ccc1Cl. The number of carbonyl (C=O) groups is 1. The van der Waals surface area contributed by atoms with E-state index >= 15 is 0 Å². The molecule has 0 aliphatic heterocycles. The van der Waals surface area contributed by atoms with Gasteiger partial charge >= 0.3 is 5.97 Å². The molecule has 0 bridgehead atoms. The highest BCUT2D eigenvalue weighted by Crippen LogP contribution is 2.21. The first-order valence-corrected chi connectivity index (χ1v) is 7.84. The van der Waals surface area contributed by atoms with E-state index in [0.717, 1.165) is 5.56 Å². The molecule has 0 saturated heterocycles. The Morgan fingerprint density at radius 1 is 1.17 bits per heavy atom. The molecule has 4 nitrogen and oxygen atoms in total. The number of esters is 1. The average Bonchev–Trinajstić information content (AvgIpc) is 2.55. The molecule has 2 aromatic rings. The third-order valence-corrected chi connectivity index (χ3v) is 3.97. The Balaban J connectivity index is 2.00. The number of methoxy groups -OCH3 is 1. The van der Waals surface area contributed by atoms with Crippen molar-refractivity contribution in [1.29, 1.82) is 0 Å². The van der Waals surface area contributed by atoms with Crippen LogP contribution in [0.15, 0.2) is 42.5 Å². The molecule has 0 spiro atoms. The molecule has 0 atom stereocenters. The maximum Gasteiger partial charge on any atom is 0.339 e. The summed E-state index contributed by atoms with van der Waals surface area (Å²) in [6.07, 6.45) is 0. The number of anilines is 1. The number of carbonyl (C=O) groups excluding carboxylic acids is 1. The number of rotatable bonds is 4. The van der Waals surface area contributed by atoms with Crippen LogP contribution in [0.25, 0.3) is 0 Å². The van der Waals surface area contributed by atoms with Gasteiger partial charge in [0.1, 0.15) is 0 Å². The number of hydrogen-bond acceptors (Lipinski definition) is 3. The fraction of sp³-hybridized carbons (Fsp3) is 0.125. The largest absolute Gasteiger partial charge is 0.465 e. The minimum Gasteiger partial charge on any atom is -0.465 e. The summed E-state index contributed by atoms with van der Waals surface area (Å²) in [6.45, 7) is 0.489. The molecule has 0 aliphatic rings. The Morgan fingerprint density at radius 3 is 2.61 bits per heavy atom. The lowest BCUT2D eigenvalue weighted by atomic mass is 10.2. The van der Waals surface area contributed by atoms with E-state index in [4.69, 9.17) is 35.4 Å². The first-order chi connectivity index (χ1) is 11.0. The van der Waals surface area contributed by atoms with Crippen LogP contribution < -0.4 is 10.6 Å². The normalized spacial score (nSPS) is 10.0. The van der Waals surface area contributed by atoms with Gasteiger partial charge in [0, 0.05) is 17.3 Å². The third kappa shape index (κ3) is 4.82. The van der Waals surface area contributed by atoms with E-state index in [-0.39, 0.29) is 5.56 Å². The molecule has 0 aliphatic carbocycles. The van der Waals surface area contributed by atoms with Gasteiger partial charge in [-0.05, 0) is 42.0 Å². The monoisotopic (exact) mass is 368 g/mol. The first-order valence-electron chi connectivity index (χ1n) is 6.67. The van der Waals surface area contributed by atoms with Crippen molar-refractivity contribution in [3.05, 3.63) is 63.6 Å². The van der Waals surface area contributed by atoms with Gasteiger partial charge in [0.05, 0.1) is 17.7 Å². The predicted molar refractivity (Wildman–Crippen MR) is 97.3 cm³/mol. The smallest absolute Gasteiger partial charge is 0.339 e. The number of hydrogen-bond donors (Lipinski definition) is 2. The van der Waals surface area contributed by atoms with Crippen LogP contribution in [0.4, 0.5) is 5.69 Å². The molecule has 0 amide bonds. The van der Waals surface area contributed by atoms with Crippen molar-refractivity contribution in [2.24, 2.45) is 0 Å². The predicted octanol–water partition coefficient (Wildman–Crippen LogP) is 4.27. The molecule has 0 fully saturated rings. The molecular formula is C16H14Cl2N2O2S. The molecule has 23 heavy (non-hydrogen) atoms. The third-order valence-electron chi connectivity index (χ3n) is 3.03. The Morgan fingerprint density at radius 2 is 1.91 bits per heavy atom. The van der Waals surface area contributed by atoms with Gasteiger partial charge in [0.15, 0.2) is 5.11 Å². The maximum absolute atomic E-state index is 11.6.